The molecule has 3 aromatic rings. The van der Waals surface area contributed by atoms with Crippen molar-refractivity contribution in [3.8, 4) is 5.75 Å². The number of nitrogens with zero attached hydrogens (tertiary/aromatic N) is 1. The Kier molecular flexibility index (Phi) is 5.78. The number of esters is 1. The van der Waals surface area contributed by atoms with E-state index in [1.54, 1.807) is 60.7 Å². The van der Waals surface area contributed by atoms with Crippen LogP contribution in [0, 0.1) is 0 Å². The third kappa shape index (κ3) is 4.78. The molecule has 26 heavy (non-hydrogen) atoms. The highest BCUT2D eigenvalue weighted by atomic mass is 35.5. The maximum Gasteiger partial charge on any atom is 0.343 e. The summed E-state index contributed by atoms with van der Waals surface area (Å²) >= 11 is 7.14. The molecular formula is C19H13ClN2O3S. The Morgan fingerprint density at radius 3 is 2.42 bits per heavy atom. The summed E-state index contributed by atoms with van der Waals surface area (Å²) in [4.78, 5) is 24.4. The highest BCUT2D eigenvalue weighted by molar-refractivity contribution is 7.12. The summed E-state index contributed by atoms with van der Waals surface area (Å²) < 4.78 is 5.29. The van der Waals surface area contributed by atoms with E-state index in [1.165, 1.54) is 17.6 Å². The standard InChI is InChI=1S/C19H13ClN2O3S/c20-15-7-5-14(6-8-15)19(24)25-16-9-3-13(4-10-16)12-21-22-18(23)17-2-1-11-26-17/h1-12H,(H,22,23)/b21-12+. The third-order valence-electron chi connectivity index (χ3n) is 3.30. The van der Waals surface area contributed by atoms with Crippen LogP contribution in [-0.4, -0.2) is 18.1 Å². The van der Waals surface area contributed by atoms with Gasteiger partial charge < -0.3 is 4.74 Å². The van der Waals surface area contributed by atoms with Crippen molar-refractivity contribution >= 4 is 41.0 Å². The van der Waals surface area contributed by atoms with Gasteiger partial charge in [-0.05, 0) is 65.5 Å². The van der Waals surface area contributed by atoms with E-state index in [4.69, 9.17) is 16.3 Å². The molecular weight excluding hydrogens is 372 g/mol. The molecule has 2 aromatic carbocycles. The molecule has 5 nitrogen and oxygen atoms in total. The Morgan fingerprint density at radius 2 is 1.77 bits per heavy atom. The Hall–Kier alpha value is -2.96. The van der Waals surface area contributed by atoms with Gasteiger partial charge in [-0.3, -0.25) is 4.79 Å². The van der Waals surface area contributed by atoms with Crippen LogP contribution in [0.3, 0.4) is 0 Å². The molecule has 0 aliphatic carbocycles. The number of rotatable bonds is 5. The second-order valence-corrected chi connectivity index (χ2v) is 6.53. The molecule has 130 valence electrons. The van der Waals surface area contributed by atoms with E-state index in [2.05, 4.69) is 10.5 Å². The zero-order valence-corrected chi connectivity index (χ0v) is 15.0. The molecule has 0 aliphatic rings. The number of ether oxygens (including phenoxy) is 1. The lowest BCUT2D eigenvalue weighted by Crippen LogP contribution is -2.16. The van der Waals surface area contributed by atoms with E-state index in [9.17, 15) is 9.59 Å². The normalized spacial score (nSPS) is 10.7. The molecule has 1 heterocycles. The third-order valence-corrected chi connectivity index (χ3v) is 4.42. The number of carbonyl (C=O) groups excluding carboxylic acids is 2. The van der Waals surface area contributed by atoms with Crippen molar-refractivity contribution in [1.29, 1.82) is 0 Å². The van der Waals surface area contributed by atoms with Gasteiger partial charge in [0.15, 0.2) is 0 Å². The first kappa shape index (κ1) is 17.8. The van der Waals surface area contributed by atoms with Crippen LogP contribution < -0.4 is 10.2 Å². The van der Waals surface area contributed by atoms with Crippen molar-refractivity contribution in [2.24, 2.45) is 5.10 Å². The van der Waals surface area contributed by atoms with Gasteiger partial charge in [0.1, 0.15) is 5.75 Å². The highest BCUT2D eigenvalue weighted by Crippen LogP contribution is 2.15. The number of amides is 1. The monoisotopic (exact) mass is 384 g/mol. The maximum atomic E-state index is 12.0. The van der Waals surface area contributed by atoms with Crippen LogP contribution in [-0.2, 0) is 0 Å². The predicted molar refractivity (Wildman–Crippen MR) is 102 cm³/mol. The molecule has 0 aliphatic heterocycles. The zero-order chi connectivity index (χ0) is 18.4. The first-order valence-corrected chi connectivity index (χ1v) is 8.82. The van der Waals surface area contributed by atoms with Crippen LogP contribution in [0.1, 0.15) is 25.6 Å². The molecule has 0 spiro atoms. The lowest BCUT2D eigenvalue weighted by molar-refractivity contribution is 0.0734. The van der Waals surface area contributed by atoms with Crippen molar-refractivity contribution in [3.05, 3.63) is 87.1 Å². The van der Waals surface area contributed by atoms with Gasteiger partial charge >= 0.3 is 5.97 Å². The number of benzene rings is 2. The van der Waals surface area contributed by atoms with Crippen molar-refractivity contribution in [2.75, 3.05) is 0 Å². The SMILES string of the molecule is O=C(Oc1ccc(/C=N/NC(=O)c2cccs2)cc1)c1ccc(Cl)cc1. The van der Waals surface area contributed by atoms with Crippen LogP contribution in [0.25, 0.3) is 0 Å². The van der Waals surface area contributed by atoms with Crippen LogP contribution >= 0.6 is 22.9 Å². The van der Waals surface area contributed by atoms with Gasteiger partial charge in [0, 0.05) is 5.02 Å². The molecule has 1 amide bonds. The van der Waals surface area contributed by atoms with Crippen molar-refractivity contribution < 1.29 is 14.3 Å². The zero-order valence-electron chi connectivity index (χ0n) is 13.4. The largest absolute Gasteiger partial charge is 0.423 e. The summed E-state index contributed by atoms with van der Waals surface area (Å²) in [6.07, 6.45) is 1.51. The summed E-state index contributed by atoms with van der Waals surface area (Å²) in [5, 5.41) is 6.28. The van der Waals surface area contributed by atoms with Gasteiger partial charge in [-0.2, -0.15) is 5.10 Å². The van der Waals surface area contributed by atoms with E-state index in [1.807, 2.05) is 5.38 Å². The van der Waals surface area contributed by atoms with Crippen molar-refractivity contribution in [3.63, 3.8) is 0 Å². The van der Waals surface area contributed by atoms with Gasteiger partial charge in [0.05, 0.1) is 16.7 Å². The highest BCUT2D eigenvalue weighted by Gasteiger charge is 2.08. The van der Waals surface area contributed by atoms with Crippen LogP contribution in [0.4, 0.5) is 0 Å². The Bertz CT molecular complexity index is 920. The topological polar surface area (TPSA) is 67.8 Å². The fourth-order valence-electron chi connectivity index (χ4n) is 2.00. The van der Waals surface area contributed by atoms with Gasteiger partial charge in [0.25, 0.3) is 5.91 Å². The van der Waals surface area contributed by atoms with Gasteiger partial charge in [0.2, 0.25) is 0 Å². The molecule has 0 unspecified atom stereocenters. The van der Waals surface area contributed by atoms with E-state index >= 15 is 0 Å². The Balaban J connectivity index is 1.56. The number of hydrazone groups is 1. The van der Waals surface area contributed by atoms with Gasteiger partial charge in [-0.1, -0.05) is 17.7 Å². The Morgan fingerprint density at radius 1 is 1.04 bits per heavy atom. The summed E-state index contributed by atoms with van der Waals surface area (Å²) in [6, 6.07) is 16.7. The minimum Gasteiger partial charge on any atom is -0.423 e. The number of nitrogens with one attached hydrogen (secondary N) is 1. The second kappa shape index (κ2) is 8.42. The number of hydrogen-bond donors (Lipinski definition) is 1. The summed E-state index contributed by atoms with van der Waals surface area (Å²) in [5.74, 6) is -0.319. The van der Waals surface area contributed by atoms with Crippen molar-refractivity contribution in [2.45, 2.75) is 0 Å². The lowest BCUT2D eigenvalue weighted by Gasteiger charge is -2.04. The molecule has 0 bridgehead atoms. The summed E-state index contributed by atoms with van der Waals surface area (Å²) in [7, 11) is 0. The van der Waals surface area contributed by atoms with Gasteiger partial charge in [-0.15, -0.1) is 11.3 Å². The van der Waals surface area contributed by atoms with Crippen LogP contribution in [0.5, 0.6) is 5.75 Å². The fourth-order valence-corrected chi connectivity index (χ4v) is 2.74. The first-order valence-electron chi connectivity index (χ1n) is 7.56. The smallest absolute Gasteiger partial charge is 0.343 e. The quantitative estimate of drug-likeness (QED) is 0.307. The summed E-state index contributed by atoms with van der Waals surface area (Å²) in [5.41, 5.74) is 3.62. The number of carbonyl (C=O) groups is 2. The Labute approximate surface area is 158 Å². The van der Waals surface area contributed by atoms with Crippen LogP contribution in [0.15, 0.2) is 71.1 Å². The molecule has 0 radical (unpaired) electrons. The molecule has 0 saturated heterocycles. The van der Waals surface area contributed by atoms with E-state index in [0.717, 1.165) is 5.56 Å². The van der Waals surface area contributed by atoms with Crippen molar-refractivity contribution in [1.82, 2.24) is 5.43 Å². The maximum absolute atomic E-state index is 12.0. The predicted octanol–water partition coefficient (Wildman–Crippen LogP) is 4.38. The minimum absolute atomic E-state index is 0.259. The second-order valence-electron chi connectivity index (χ2n) is 5.14. The molecule has 1 N–H and O–H groups in total. The first-order chi connectivity index (χ1) is 12.6. The molecule has 0 atom stereocenters. The fraction of sp³-hybridized carbons (Fsp3) is 0. The molecule has 0 saturated carbocycles. The number of hydrogen-bond acceptors (Lipinski definition) is 5. The number of halogens is 1. The molecule has 3 rings (SSSR count). The molecule has 7 heteroatoms. The average Bonchev–Trinajstić information content (AvgIpc) is 3.18. The minimum atomic E-state index is -0.466. The van der Waals surface area contributed by atoms with Gasteiger partial charge in [-0.25, -0.2) is 10.2 Å². The summed E-state index contributed by atoms with van der Waals surface area (Å²) in [6.45, 7) is 0. The lowest BCUT2D eigenvalue weighted by atomic mass is 10.2. The van der Waals surface area contributed by atoms with E-state index in [-0.39, 0.29) is 5.91 Å². The van der Waals surface area contributed by atoms with E-state index < -0.39 is 5.97 Å². The van der Waals surface area contributed by atoms with E-state index in [0.29, 0.717) is 21.2 Å². The number of thiophene rings is 1. The molecule has 0 fully saturated rings. The average molecular weight is 385 g/mol. The van der Waals surface area contributed by atoms with Crippen LogP contribution in [0.2, 0.25) is 5.02 Å². The molecule has 1 aromatic heterocycles.